The number of likely N-dealkylation sites (N-methyl/N-ethyl adjacent to an activating group) is 1. The molecule has 0 saturated carbocycles. The average molecular weight is 205 g/mol. The van der Waals surface area contributed by atoms with Gasteiger partial charge in [0.25, 0.3) is 0 Å². The largest absolute Gasteiger partial charge is 0.497 e. The minimum absolute atomic E-state index is 0.735. The Bertz CT molecular complexity index is 307. The molecule has 1 aliphatic rings. The SMILES string of the molecule is COc1ccc(CC2CCCN2C)cc1. The zero-order valence-electron chi connectivity index (χ0n) is 9.57. The Morgan fingerprint density at radius 1 is 1.33 bits per heavy atom. The molecule has 0 radical (unpaired) electrons. The highest BCUT2D eigenvalue weighted by molar-refractivity contribution is 5.27. The van der Waals surface area contributed by atoms with E-state index in [0.29, 0.717) is 0 Å². The molecular weight excluding hydrogens is 186 g/mol. The van der Waals surface area contributed by atoms with Gasteiger partial charge in [0.2, 0.25) is 0 Å². The van der Waals surface area contributed by atoms with Crippen LogP contribution in [-0.4, -0.2) is 31.6 Å². The Balaban J connectivity index is 1.98. The highest BCUT2D eigenvalue weighted by Crippen LogP contribution is 2.20. The number of hydrogen-bond donors (Lipinski definition) is 0. The summed E-state index contributed by atoms with van der Waals surface area (Å²) in [4.78, 5) is 2.46. The summed E-state index contributed by atoms with van der Waals surface area (Å²) in [5, 5.41) is 0. The molecule has 0 N–H and O–H groups in total. The first-order valence-electron chi connectivity index (χ1n) is 5.63. The van der Waals surface area contributed by atoms with Crippen molar-refractivity contribution < 1.29 is 4.74 Å². The minimum atomic E-state index is 0.735. The summed E-state index contributed by atoms with van der Waals surface area (Å²) >= 11 is 0. The van der Waals surface area contributed by atoms with Gasteiger partial charge in [0.05, 0.1) is 7.11 Å². The predicted molar refractivity (Wildman–Crippen MR) is 62.4 cm³/mol. The van der Waals surface area contributed by atoms with Crippen LogP contribution in [0.3, 0.4) is 0 Å². The van der Waals surface area contributed by atoms with Gasteiger partial charge in [-0.15, -0.1) is 0 Å². The maximum absolute atomic E-state index is 5.15. The summed E-state index contributed by atoms with van der Waals surface area (Å²) in [6.45, 7) is 1.25. The van der Waals surface area contributed by atoms with Crippen molar-refractivity contribution in [3.63, 3.8) is 0 Å². The summed E-state index contributed by atoms with van der Waals surface area (Å²) in [6.07, 6.45) is 3.85. The number of nitrogens with zero attached hydrogens (tertiary/aromatic N) is 1. The molecule has 15 heavy (non-hydrogen) atoms. The van der Waals surface area contributed by atoms with E-state index in [0.717, 1.165) is 11.8 Å². The standard InChI is InChI=1S/C13H19NO/c1-14-9-3-4-12(14)10-11-5-7-13(15-2)8-6-11/h5-8,12H,3-4,9-10H2,1-2H3. The van der Waals surface area contributed by atoms with Crippen LogP contribution in [-0.2, 0) is 6.42 Å². The second kappa shape index (κ2) is 4.67. The first-order valence-corrected chi connectivity index (χ1v) is 5.63. The quantitative estimate of drug-likeness (QED) is 0.751. The molecular formula is C13H19NO. The molecule has 1 heterocycles. The molecule has 0 aromatic heterocycles. The molecule has 1 aromatic rings. The fraction of sp³-hybridized carbons (Fsp3) is 0.538. The molecule has 0 spiro atoms. The van der Waals surface area contributed by atoms with Gasteiger partial charge in [-0.2, -0.15) is 0 Å². The molecule has 1 saturated heterocycles. The van der Waals surface area contributed by atoms with E-state index >= 15 is 0 Å². The lowest BCUT2D eigenvalue weighted by Gasteiger charge is -2.19. The van der Waals surface area contributed by atoms with E-state index in [9.17, 15) is 0 Å². The summed E-state index contributed by atoms with van der Waals surface area (Å²) < 4.78 is 5.15. The maximum atomic E-state index is 5.15. The van der Waals surface area contributed by atoms with Crippen LogP contribution in [0.5, 0.6) is 5.75 Å². The molecule has 2 heteroatoms. The summed E-state index contributed by atoms with van der Waals surface area (Å²) in [5.41, 5.74) is 1.41. The number of methoxy groups -OCH3 is 1. The third-order valence-corrected chi connectivity index (χ3v) is 3.30. The van der Waals surface area contributed by atoms with E-state index in [1.54, 1.807) is 7.11 Å². The van der Waals surface area contributed by atoms with Crippen molar-refractivity contribution in [2.75, 3.05) is 20.7 Å². The Kier molecular flexibility index (Phi) is 3.27. The molecule has 1 unspecified atom stereocenters. The Hall–Kier alpha value is -1.02. The zero-order chi connectivity index (χ0) is 10.7. The van der Waals surface area contributed by atoms with E-state index in [4.69, 9.17) is 4.74 Å². The van der Waals surface area contributed by atoms with Crippen LogP contribution in [0.25, 0.3) is 0 Å². The molecule has 2 rings (SSSR count). The summed E-state index contributed by atoms with van der Waals surface area (Å²) in [7, 11) is 3.93. The lowest BCUT2D eigenvalue weighted by Crippen LogP contribution is -2.26. The predicted octanol–water partition coefficient (Wildman–Crippen LogP) is 2.33. The third kappa shape index (κ3) is 2.51. The molecule has 1 aliphatic heterocycles. The maximum Gasteiger partial charge on any atom is 0.118 e. The van der Waals surface area contributed by atoms with Crippen LogP contribution in [0, 0.1) is 0 Å². The Labute approximate surface area is 91.9 Å². The molecule has 1 fully saturated rings. The fourth-order valence-corrected chi connectivity index (χ4v) is 2.27. The molecule has 0 aliphatic carbocycles. The lowest BCUT2D eigenvalue weighted by molar-refractivity contribution is 0.309. The molecule has 0 amide bonds. The van der Waals surface area contributed by atoms with Crippen molar-refractivity contribution in [2.45, 2.75) is 25.3 Å². The average Bonchev–Trinajstić information content (AvgIpc) is 2.66. The number of ether oxygens (including phenoxy) is 1. The van der Waals surface area contributed by atoms with Gasteiger partial charge < -0.3 is 9.64 Å². The van der Waals surface area contributed by atoms with Crippen molar-refractivity contribution in [3.8, 4) is 5.75 Å². The number of hydrogen-bond acceptors (Lipinski definition) is 2. The molecule has 0 bridgehead atoms. The first-order chi connectivity index (χ1) is 7.29. The third-order valence-electron chi connectivity index (χ3n) is 3.30. The van der Waals surface area contributed by atoms with E-state index in [-0.39, 0.29) is 0 Å². The normalized spacial score (nSPS) is 21.9. The van der Waals surface area contributed by atoms with Gasteiger partial charge in [0, 0.05) is 6.04 Å². The smallest absolute Gasteiger partial charge is 0.118 e. The van der Waals surface area contributed by atoms with Crippen LogP contribution in [0.2, 0.25) is 0 Å². The van der Waals surface area contributed by atoms with Gasteiger partial charge in [-0.1, -0.05) is 12.1 Å². The second-order valence-electron chi connectivity index (χ2n) is 4.33. The van der Waals surface area contributed by atoms with Gasteiger partial charge in [-0.3, -0.25) is 0 Å². The highest BCUT2D eigenvalue weighted by atomic mass is 16.5. The topological polar surface area (TPSA) is 12.5 Å². The molecule has 1 atom stereocenters. The van der Waals surface area contributed by atoms with Crippen LogP contribution < -0.4 is 4.74 Å². The van der Waals surface area contributed by atoms with E-state index in [1.807, 2.05) is 12.1 Å². The van der Waals surface area contributed by atoms with Gasteiger partial charge in [0.1, 0.15) is 5.75 Å². The van der Waals surface area contributed by atoms with Gasteiger partial charge >= 0.3 is 0 Å². The van der Waals surface area contributed by atoms with Gasteiger partial charge in [0.15, 0.2) is 0 Å². The first kappa shape index (κ1) is 10.5. The van der Waals surface area contributed by atoms with E-state index < -0.39 is 0 Å². The molecule has 82 valence electrons. The van der Waals surface area contributed by atoms with Crippen LogP contribution >= 0.6 is 0 Å². The minimum Gasteiger partial charge on any atom is -0.497 e. The van der Waals surface area contributed by atoms with Crippen LogP contribution in [0.1, 0.15) is 18.4 Å². The zero-order valence-corrected chi connectivity index (χ0v) is 9.57. The van der Waals surface area contributed by atoms with Crippen molar-refractivity contribution in [2.24, 2.45) is 0 Å². The number of likely N-dealkylation sites (tertiary alicyclic amines) is 1. The van der Waals surface area contributed by atoms with E-state index in [2.05, 4.69) is 24.1 Å². The van der Waals surface area contributed by atoms with Crippen molar-refractivity contribution in [1.29, 1.82) is 0 Å². The second-order valence-corrected chi connectivity index (χ2v) is 4.33. The summed E-state index contributed by atoms with van der Waals surface area (Å²) in [5.74, 6) is 0.943. The lowest BCUT2D eigenvalue weighted by atomic mass is 10.0. The van der Waals surface area contributed by atoms with E-state index in [1.165, 1.54) is 31.4 Å². The van der Waals surface area contributed by atoms with Crippen molar-refractivity contribution in [1.82, 2.24) is 4.90 Å². The van der Waals surface area contributed by atoms with Crippen LogP contribution in [0.15, 0.2) is 24.3 Å². The molecule has 1 aromatic carbocycles. The van der Waals surface area contributed by atoms with Crippen LogP contribution in [0.4, 0.5) is 0 Å². The van der Waals surface area contributed by atoms with Gasteiger partial charge in [-0.05, 0) is 50.6 Å². The van der Waals surface area contributed by atoms with Crippen molar-refractivity contribution >= 4 is 0 Å². The summed E-state index contributed by atoms with van der Waals surface area (Å²) in [6, 6.07) is 9.17. The Morgan fingerprint density at radius 3 is 2.60 bits per heavy atom. The van der Waals surface area contributed by atoms with Crippen molar-refractivity contribution in [3.05, 3.63) is 29.8 Å². The number of benzene rings is 1. The monoisotopic (exact) mass is 205 g/mol. The Morgan fingerprint density at radius 2 is 2.07 bits per heavy atom. The highest BCUT2D eigenvalue weighted by Gasteiger charge is 2.20. The van der Waals surface area contributed by atoms with Gasteiger partial charge in [-0.25, -0.2) is 0 Å². The molecule has 2 nitrogen and oxygen atoms in total. The number of rotatable bonds is 3. The fourth-order valence-electron chi connectivity index (χ4n) is 2.27.